The average molecular weight is 183 g/mol. The van der Waals surface area contributed by atoms with E-state index in [2.05, 4.69) is 39.0 Å². The Kier molecular flexibility index (Phi) is 3.16. The Balaban J connectivity index is 3.07. The van der Waals surface area contributed by atoms with Crippen molar-refractivity contribution in [1.29, 1.82) is 0 Å². The van der Waals surface area contributed by atoms with Gasteiger partial charge in [0, 0.05) is 0 Å². The van der Waals surface area contributed by atoms with Crippen molar-refractivity contribution in [3.05, 3.63) is 34.9 Å². The number of alkyl halides is 1. The Morgan fingerprint density at radius 3 is 2.58 bits per heavy atom. The summed E-state index contributed by atoms with van der Waals surface area (Å²) < 4.78 is 0. The molecule has 12 heavy (non-hydrogen) atoms. The summed E-state index contributed by atoms with van der Waals surface area (Å²) in [4.78, 5) is 0. The number of benzene rings is 1. The van der Waals surface area contributed by atoms with Crippen LogP contribution < -0.4 is 0 Å². The smallest absolute Gasteiger partial charge is 0.0585 e. The molecular formula is C11H15Cl. The molecule has 1 atom stereocenters. The molecule has 0 aliphatic rings. The van der Waals surface area contributed by atoms with Gasteiger partial charge in [-0.15, -0.1) is 11.6 Å². The van der Waals surface area contributed by atoms with Gasteiger partial charge in [-0.05, 0) is 37.0 Å². The van der Waals surface area contributed by atoms with Crippen molar-refractivity contribution in [3.8, 4) is 0 Å². The highest BCUT2D eigenvalue weighted by Gasteiger charge is 2.08. The molecule has 0 aromatic heterocycles. The molecule has 0 bridgehead atoms. The number of rotatable bonds is 2. The van der Waals surface area contributed by atoms with Crippen molar-refractivity contribution in [2.75, 3.05) is 0 Å². The minimum Gasteiger partial charge on any atom is -0.118 e. The quantitative estimate of drug-likeness (QED) is 0.607. The highest BCUT2D eigenvalue weighted by Crippen LogP contribution is 2.27. The third-order valence-corrected chi connectivity index (χ3v) is 2.89. The van der Waals surface area contributed by atoms with Gasteiger partial charge in [0.05, 0.1) is 5.38 Å². The Labute approximate surface area is 79.6 Å². The van der Waals surface area contributed by atoms with E-state index in [4.69, 9.17) is 11.6 Å². The average Bonchev–Trinajstić information content (AvgIpc) is 2.08. The Morgan fingerprint density at radius 2 is 2.00 bits per heavy atom. The van der Waals surface area contributed by atoms with Gasteiger partial charge in [0.15, 0.2) is 0 Å². The number of aryl methyl sites for hydroxylation is 1. The van der Waals surface area contributed by atoms with Gasteiger partial charge in [0.2, 0.25) is 0 Å². The second-order valence-electron chi connectivity index (χ2n) is 3.16. The van der Waals surface area contributed by atoms with E-state index in [0.717, 1.165) is 6.42 Å². The summed E-state index contributed by atoms with van der Waals surface area (Å²) >= 11 is 6.17. The first-order valence-corrected chi connectivity index (χ1v) is 4.80. The molecule has 0 radical (unpaired) electrons. The minimum atomic E-state index is 0.171. The van der Waals surface area contributed by atoms with Crippen LogP contribution in [0.5, 0.6) is 0 Å². The monoisotopic (exact) mass is 182 g/mol. The van der Waals surface area contributed by atoms with E-state index in [1.807, 2.05) is 0 Å². The van der Waals surface area contributed by atoms with E-state index in [1.54, 1.807) is 0 Å². The zero-order valence-electron chi connectivity index (χ0n) is 7.89. The molecule has 0 spiro atoms. The first-order valence-electron chi connectivity index (χ1n) is 4.37. The second kappa shape index (κ2) is 3.95. The van der Waals surface area contributed by atoms with E-state index >= 15 is 0 Å². The normalized spacial score (nSPS) is 13.0. The van der Waals surface area contributed by atoms with Crippen molar-refractivity contribution in [3.63, 3.8) is 0 Å². The van der Waals surface area contributed by atoms with Crippen LogP contribution >= 0.6 is 11.6 Å². The molecule has 0 amide bonds. The Hall–Kier alpha value is -0.490. The highest BCUT2D eigenvalue weighted by atomic mass is 35.5. The van der Waals surface area contributed by atoms with E-state index in [1.165, 1.54) is 16.7 Å². The summed E-state index contributed by atoms with van der Waals surface area (Å²) in [5.41, 5.74) is 3.94. The first kappa shape index (κ1) is 9.60. The van der Waals surface area contributed by atoms with Crippen LogP contribution in [-0.4, -0.2) is 0 Å². The van der Waals surface area contributed by atoms with E-state index in [9.17, 15) is 0 Å². The van der Waals surface area contributed by atoms with Gasteiger partial charge in [-0.3, -0.25) is 0 Å². The largest absolute Gasteiger partial charge is 0.118 e. The predicted molar refractivity (Wildman–Crippen MR) is 54.8 cm³/mol. The molecule has 0 heterocycles. The van der Waals surface area contributed by atoms with Gasteiger partial charge in [-0.2, -0.15) is 0 Å². The molecule has 1 aromatic rings. The summed E-state index contributed by atoms with van der Waals surface area (Å²) in [7, 11) is 0. The summed E-state index contributed by atoms with van der Waals surface area (Å²) in [5, 5.41) is 0.171. The van der Waals surface area contributed by atoms with Crippen LogP contribution in [0.3, 0.4) is 0 Å². The van der Waals surface area contributed by atoms with Crippen molar-refractivity contribution >= 4 is 11.6 Å². The predicted octanol–water partition coefficient (Wildman–Crippen LogP) is 3.99. The van der Waals surface area contributed by atoms with Gasteiger partial charge < -0.3 is 0 Å². The molecule has 0 aliphatic heterocycles. The van der Waals surface area contributed by atoms with Gasteiger partial charge in [0.25, 0.3) is 0 Å². The van der Waals surface area contributed by atoms with Gasteiger partial charge in [-0.25, -0.2) is 0 Å². The highest BCUT2D eigenvalue weighted by molar-refractivity contribution is 6.20. The molecule has 0 saturated heterocycles. The van der Waals surface area contributed by atoms with Gasteiger partial charge in [0.1, 0.15) is 0 Å². The van der Waals surface area contributed by atoms with Crippen molar-refractivity contribution in [2.24, 2.45) is 0 Å². The fourth-order valence-electron chi connectivity index (χ4n) is 1.33. The molecule has 1 rings (SSSR count). The molecule has 1 aromatic carbocycles. The lowest BCUT2D eigenvalue weighted by atomic mass is 10.00. The van der Waals surface area contributed by atoms with Crippen LogP contribution in [0.15, 0.2) is 18.2 Å². The topological polar surface area (TPSA) is 0 Å². The molecule has 0 N–H and O–H groups in total. The zero-order chi connectivity index (χ0) is 9.14. The van der Waals surface area contributed by atoms with Crippen molar-refractivity contribution in [2.45, 2.75) is 32.6 Å². The summed E-state index contributed by atoms with van der Waals surface area (Å²) in [6, 6.07) is 6.31. The molecular weight excluding hydrogens is 168 g/mol. The second-order valence-corrected chi connectivity index (χ2v) is 3.69. The third-order valence-electron chi connectivity index (χ3n) is 2.34. The van der Waals surface area contributed by atoms with E-state index < -0.39 is 0 Å². The van der Waals surface area contributed by atoms with Crippen LogP contribution in [0, 0.1) is 13.8 Å². The molecule has 0 nitrogen and oxygen atoms in total. The molecule has 0 aliphatic carbocycles. The van der Waals surface area contributed by atoms with Crippen LogP contribution in [0.4, 0.5) is 0 Å². The standard InChI is InChI=1S/C11H15Cl/c1-4-11(12)10-7-5-6-8(2)9(10)3/h5-7,11H,4H2,1-3H3. The first-order chi connectivity index (χ1) is 5.66. The lowest BCUT2D eigenvalue weighted by molar-refractivity contribution is 0.873. The van der Waals surface area contributed by atoms with Crippen LogP contribution in [0.25, 0.3) is 0 Å². The maximum Gasteiger partial charge on any atom is 0.0585 e. The molecule has 66 valence electrons. The van der Waals surface area contributed by atoms with E-state index in [0.29, 0.717) is 0 Å². The minimum absolute atomic E-state index is 0.171. The fraction of sp³-hybridized carbons (Fsp3) is 0.455. The Morgan fingerprint density at radius 1 is 1.33 bits per heavy atom. The van der Waals surface area contributed by atoms with Crippen LogP contribution in [-0.2, 0) is 0 Å². The lowest BCUT2D eigenvalue weighted by Crippen LogP contribution is -1.94. The molecule has 0 fully saturated rings. The number of halogens is 1. The Bertz CT molecular complexity index is 266. The molecule has 1 unspecified atom stereocenters. The number of hydrogen-bond acceptors (Lipinski definition) is 0. The lowest BCUT2D eigenvalue weighted by Gasteiger charge is -2.11. The molecule has 1 heteroatoms. The summed E-state index contributed by atoms with van der Waals surface area (Å²) in [6.45, 7) is 6.37. The van der Waals surface area contributed by atoms with Crippen LogP contribution in [0.1, 0.15) is 35.4 Å². The molecule has 0 saturated carbocycles. The maximum atomic E-state index is 6.17. The van der Waals surface area contributed by atoms with Crippen molar-refractivity contribution < 1.29 is 0 Å². The zero-order valence-corrected chi connectivity index (χ0v) is 8.65. The maximum absolute atomic E-state index is 6.17. The van der Waals surface area contributed by atoms with Gasteiger partial charge in [-0.1, -0.05) is 25.1 Å². The summed E-state index contributed by atoms with van der Waals surface area (Å²) in [5.74, 6) is 0. The van der Waals surface area contributed by atoms with Crippen LogP contribution in [0.2, 0.25) is 0 Å². The third kappa shape index (κ3) is 1.81. The van der Waals surface area contributed by atoms with E-state index in [-0.39, 0.29) is 5.38 Å². The number of hydrogen-bond donors (Lipinski definition) is 0. The fourth-order valence-corrected chi connectivity index (χ4v) is 1.57. The SMILES string of the molecule is CCC(Cl)c1cccc(C)c1C. The summed E-state index contributed by atoms with van der Waals surface area (Å²) in [6.07, 6.45) is 0.992. The van der Waals surface area contributed by atoms with Crippen molar-refractivity contribution in [1.82, 2.24) is 0 Å². The van der Waals surface area contributed by atoms with Gasteiger partial charge >= 0.3 is 0 Å².